The van der Waals surface area contributed by atoms with Crippen LogP contribution >= 0.6 is 0 Å². The number of nitrogens with two attached hydrogens (primary N) is 1. The van der Waals surface area contributed by atoms with Gasteiger partial charge in [0, 0.05) is 11.9 Å². The lowest BCUT2D eigenvalue weighted by Gasteiger charge is -2.13. The molecule has 0 radical (unpaired) electrons. The molecule has 0 atom stereocenters. The van der Waals surface area contributed by atoms with Gasteiger partial charge < -0.3 is 16.4 Å². The SMILES string of the molecule is Cc1cccnc1Nc1ncnc(Nc2ccccc2)c1N. The number of nitrogen functional groups attached to an aromatic ring is 1. The van der Waals surface area contributed by atoms with Crippen LogP contribution in [0.3, 0.4) is 0 Å². The number of nitrogens with one attached hydrogen (secondary N) is 2. The van der Waals surface area contributed by atoms with Crippen molar-refractivity contribution in [2.45, 2.75) is 6.92 Å². The summed E-state index contributed by atoms with van der Waals surface area (Å²) >= 11 is 0. The molecule has 6 nitrogen and oxygen atoms in total. The summed E-state index contributed by atoms with van der Waals surface area (Å²) in [7, 11) is 0. The number of pyridine rings is 1. The summed E-state index contributed by atoms with van der Waals surface area (Å²) in [4.78, 5) is 12.7. The number of aromatic nitrogens is 3. The van der Waals surface area contributed by atoms with Gasteiger partial charge in [-0.25, -0.2) is 15.0 Å². The number of aryl methyl sites for hydroxylation is 1. The third-order valence-corrected chi connectivity index (χ3v) is 3.17. The van der Waals surface area contributed by atoms with Crippen LogP contribution in [0.15, 0.2) is 55.0 Å². The van der Waals surface area contributed by atoms with Gasteiger partial charge in [-0.15, -0.1) is 0 Å². The summed E-state index contributed by atoms with van der Waals surface area (Å²) in [5.74, 6) is 1.80. The lowest BCUT2D eigenvalue weighted by atomic mass is 10.3. The molecule has 0 aliphatic rings. The Balaban J connectivity index is 1.88. The van der Waals surface area contributed by atoms with E-state index < -0.39 is 0 Å². The quantitative estimate of drug-likeness (QED) is 0.684. The molecular weight excluding hydrogens is 276 g/mol. The van der Waals surface area contributed by atoms with Gasteiger partial charge in [0.15, 0.2) is 11.6 Å². The third kappa shape index (κ3) is 2.95. The number of rotatable bonds is 4. The molecule has 0 fully saturated rings. The van der Waals surface area contributed by atoms with Crippen LogP contribution in [0, 0.1) is 6.92 Å². The van der Waals surface area contributed by atoms with Crippen LogP contribution in [0.2, 0.25) is 0 Å². The van der Waals surface area contributed by atoms with E-state index in [1.807, 2.05) is 49.4 Å². The average molecular weight is 292 g/mol. The topological polar surface area (TPSA) is 88.8 Å². The molecule has 1 aromatic carbocycles. The van der Waals surface area contributed by atoms with Crippen LogP contribution in [0.4, 0.5) is 28.8 Å². The minimum Gasteiger partial charge on any atom is -0.393 e. The summed E-state index contributed by atoms with van der Waals surface area (Å²) in [6, 6.07) is 13.6. The molecule has 2 aromatic heterocycles. The fourth-order valence-electron chi connectivity index (χ4n) is 1.98. The van der Waals surface area contributed by atoms with Gasteiger partial charge in [0.2, 0.25) is 0 Å². The lowest BCUT2D eigenvalue weighted by Crippen LogP contribution is -2.06. The zero-order valence-corrected chi connectivity index (χ0v) is 12.1. The average Bonchev–Trinajstić information content (AvgIpc) is 2.54. The molecule has 3 aromatic rings. The molecule has 0 aliphatic heterocycles. The maximum absolute atomic E-state index is 6.15. The molecule has 0 aliphatic carbocycles. The van der Waals surface area contributed by atoms with E-state index in [1.165, 1.54) is 6.33 Å². The van der Waals surface area contributed by atoms with Crippen molar-refractivity contribution in [1.29, 1.82) is 0 Å². The van der Waals surface area contributed by atoms with E-state index in [1.54, 1.807) is 6.20 Å². The van der Waals surface area contributed by atoms with Gasteiger partial charge in [-0.05, 0) is 30.7 Å². The van der Waals surface area contributed by atoms with Crippen molar-refractivity contribution < 1.29 is 0 Å². The first kappa shape index (κ1) is 13.8. The molecule has 0 saturated heterocycles. The van der Waals surface area contributed by atoms with E-state index >= 15 is 0 Å². The molecule has 6 heteroatoms. The van der Waals surface area contributed by atoms with Crippen LogP contribution in [-0.4, -0.2) is 15.0 Å². The Labute approximate surface area is 128 Å². The van der Waals surface area contributed by atoms with Gasteiger partial charge in [-0.1, -0.05) is 24.3 Å². The second kappa shape index (κ2) is 6.09. The molecule has 0 spiro atoms. The number of hydrogen-bond acceptors (Lipinski definition) is 6. The highest BCUT2D eigenvalue weighted by Gasteiger charge is 2.10. The molecule has 22 heavy (non-hydrogen) atoms. The van der Waals surface area contributed by atoms with Gasteiger partial charge in [-0.3, -0.25) is 0 Å². The first-order valence-electron chi connectivity index (χ1n) is 6.85. The number of nitrogens with zero attached hydrogens (tertiary/aromatic N) is 3. The second-order valence-corrected chi connectivity index (χ2v) is 4.77. The Kier molecular flexibility index (Phi) is 3.82. The van der Waals surface area contributed by atoms with Crippen LogP contribution < -0.4 is 16.4 Å². The molecule has 2 heterocycles. The Morgan fingerprint density at radius 3 is 2.27 bits per heavy atom. The highest BCUT2D eigenvalue weighted by atomic mass is 15.1. The van der Waals surface area contributed by atoms with Crippen LogP contribution in [0.1, 0.15) is 5.56 Å². The van der Waals surface area contributed by atoms with Crippen LogP contribution in [0.5, 0.6) is 0 Å². The predicted octanol–water partition coefficient (Wildman–Crippen LogP) is 3.25. The maximum Gasteiger partial charge on any atom is 0.160 e. The predicted molar refractivity (Wildman–Crippen MR) is 88.4 cm³/mol. The van der Waals surface area contributed by atoms with Gasteiger partial charge in [0.1, 0.15) is 17.8 Å². The summed E-state index contributed by atoms with van der Waals surface area (Å²) in [6.45, 7) is 1.97. The lowest BCUT2D eigenvalue weighted by molar-refractivity contribution is 1.15. The van der Waals surface area contributed by atoms with E-state index in [9.17, 15) is 0 Å². The number of anilines is 5. The van der Waals surface area contributed by atoms with Crippen molar-refractivity contribution in [3.63, 3.8) is 0 Å². The minimum absolute atomic E-state index is 0.441. The maximum atomic E-state index is 6.15. The smallest absolute Gasteiger partial charge is 0.160 e. The number of para-hydroxylation sites is 1. The fourth-order valence-corrected chi connectivity index (χ4v) is 1.98. The van der Waals surface area contributed by atoms with Crippen molar-refractivity contribution in [1.82, 2.24) is 15.0 Å². The highest BCUT2D eigenvalue weighted by Crippen LogP contribution is 2.28. The van der Waals surface area contributed by atoms with Crippen molar-refractivity contribution in [3.05, 3.63) is 60.6 Å². The molecule has 0 saturated carbocycles. The van der Waals surface area contributed by atoms with Gasteiger partial charge in [0.25, 0.3) is 0 Å². The fraction of sp³-hybridized carbons (Fsp3) is 0.0625. The van der Waals surface area contributed by atoms with Gasteiger partial charge >= 0.3 is 0 Å². The monoisotopic (exact) mass is 292 g/mol. The standard InChI is InChI=1S/C16H16N6/c1-11-6-5-9-18-14(11)22-16-13(17)15(19-10-20-16)21-12-7-3-2-4-8-12/h2-10H,17H2,1H3,(H2,18,19,20,21,22). The summed E-state index contributed by atoms with van der Waals surface area (Å²) in [5.41, 5.74) is 8.51. The molecule has 0 amide bonds. The van der Waals surface area contributed by atoms with Crippen LogP contribution in [-0.2, 0) is 0 Å². The summed E-state index contributed by atoms with van der Waals surface area (Å²) in [6.07, 6.45) is 3.18. The van der Waals surface area contributed by atoms with E-state index in [-0.39, 0.29) is 0 Å². The van der Waals surface area contributed by atoms with Crippen molar-refractivity contribution >= 4 is 28.8 Å². The Morgan fingerprint density at radius 2 is 1.55 bits per heavy atom. The number of benzene rings is 1. The third-order valence-electron chi connectivity index (χ3n) is 3.17. The molecule has 3 rings (SSSR count). The van der Waals surface area contributed by atoms with Crippen molar-refractivity contribution in [3.8, 4) is 0 Å². The van der Waals surface area contributed by atoms with E-state index in [0.29, 0.717) is 17.3 Å². The molecule has 0 bridgehead atoms. The molecular formula is C16H16N6. The van der Waals surface area contributed by atoms with E-state index in [2.05, 4.69) is 25.6 Å². The normalized spacial score (nSPS) is 10.2. The Bertz CT molecular complexity index is 773. The van der Waals surface area contributed by atoms with E-state index in [4.69, 9.17) is 5.73 Å². The van der Waals surface area contributed by atoms with Crippen LogP contribution in [0.25, 0.3) is 0 Å². The van der Waals surface area contributed by atoms with E-state index in [0.717, 1.165) is 17.1 Å². The molecule has 0 unspecified atom stereocenters. The van der Waals surface area contributed by atoms with Crippen molar-refractivity contribution in [2.24, 2.45) is 0 Å². The van der Waals surface area contributed by atoms with Gasteiger partial charge in [0.05, 0.1) is 0 Å². The second-order valence-electron chi connectivity index (χ2n) is 4.77. The number of hydrogen-bond donors (Lipinski definition) is 3. The van der Waals surface area contributed by atoms with Crippen molar-refractivity contribution in [2.75, 3.05) is 16.4 Å². The zero-order valence-electron chi connectivity index (χ0n) is 12.1. The minimum atomic E-state index is 0.441. The largest absolute Gasteiger partial charge is 0.393 e. The first-order valence-corrected chi connectivity index (χ1v) is 6.85. The molecule has 110 valence electrons. The zero-order chi connectivity index (χ0) is 15.4. The first-order chi connectivity index (χ1) is 10.7. The Hall–Kier alpha value is -3.15. The molecule has 4 N–H and O–H groups in total. The summed E-state index contributed by atoms with van der Waals surface area (Å²) in [5, 5.41) is 6.32. The van der Waals surface area contributed by atoms with Gasteiger partial charge in [-0.2, -0.15) is 0 Å². The summed E-state index contributed by atoms with van der Waals surface area (Å²) < 4.78 is 0. The highest BCUT2D eigenvalue weighted by molar-refractivity contribution is 5.79. The Morgan fingerprint density at radius 1 is 0.818 bits per heavy atom.